The highest BCUT2D eigenvalue weighted by Crippen LogP contribution is 2.48. The zero-order valence-corrected chi connectivity index (χ0v) is 23.5. The van der Waals surface area contributed by atoms with Crippen LogP contribution in [0, 0.1) is 6.92 Å². The number of anilines is 1. The van der Waals surface area contributed by atoms with Gasteiger partial charge in [0.05, 0.1) is 27.2 Å². The summed E-state index contributed by atoms with van der Waals surface area (Å²) in [6, 6.07) is 21.0. The van der Waals surface area contributed by atoms with E-state index in [1.807, 2.05) is 80.6 Å². The molecule has 0 fully saturated rings. The Kier molecular flexibility index (Phi) is 7.65. The van der Waals surface area contributed by atoms with Gasteiger partial charge in [-0.3, -0.25) is 9.59 Å². The van der Waals surface area contributed by atoms with Crippen molar-refractivity contribution in [1.29, 1.82) is 0 Å². The molecule has 5 rings (SSSR count). The molecule has 40 heavy (non-hydrogen) atoms. The van der Waals surface area contributed by atoms with Gasteiger partial charge in [0.15, 0.2) is 17.3 Å². The lowest BCUT2D eigenvalue weighted by Gasteiger charge is -2.37. The number of aryl methyl sites for hydroxylation is 1. The molecule has 2 aliphatic rings. The number of methoxy groups -OCH3 is 3. The van der Waals surface area contributed by atoms with Crippen LogP contribution in [-0.2, 0) is 9.59 Å². The highest BCUT2D eigenvalue weighted by Gasteiger charge is 2.42. The first-order chi connectivity index (χ1) is 19.4. The van der Waals surface area contributed by atoms with Crippen LogP contribution in [0.15, 0.2) is 89.3 Å². The first kappa shape index (κ1) is 27.1. The van der Waals surface area contributed by atoms with E-state index in [0.29, 0.717) is 46.9 Å². The maximum absolute atomic E-state index is 14.0. The van der Waals surface area contributed by atoms with Crippen molar-refractivity contribution >= 4 is 17.4 Å². The zero-order valence-electron chi connectivity index (χ0n) is 23.5. The van der Waals surface area contributed by atoms with E-state index in [1.54, 1.807) is 21.3 Å². The van der Waals surface area contributed by atoms with E-state index in [4.69, 9.17) is 14.2 Å². The fourth-order valence-corrected chi connectivity index (χ4v) is 5.80. The summed E-state index contributed by atoms with van der Waals surface area (Å²) in [5.74, 6) is 1.02. The lowest BCUT2D eigenvalue weighted by atomic mass is 9.71. The van der Waals surface area contributed by atoms with Crippen LogP contribution in [0.2, 0.25) is 0 Å². The zero-order chi connectivity index (χ0) is 28.4. The lowest BCUT2D eigenvalue weighted by molar-refractivity contribution is -0.116. The van der Waals surface area contributed by atoms with Crippen molar-refractivity contribution in [2.75, 3.05) is 26.6 Å². The molecule has 1 aliphatic carbocycles. The molecular weight excluding hydrogens is 504 g/mol. The maximum Gasteiger partial charge on any atom is 0.254 e. The molecule has 3 aromatic carbocycles. The summed E-state index contributed by atoms with van der Waals surface area (Å²) in [6.45, 7) is 3.84. The third kappa shape index (κ3) is 4.95. The number of ether oxygens (including phenoxy) is 3. The largest absolute Gasteiger partial charge is 0.496 e. The summed E-state index contributed by atoms with van der Waals surface area (Å²) < 4.78 is 16.6. The normalized spacial score (nSPS) is 18.6. The molecule has 0 saturated heterocycles. The minimum atomic E-state index is -0.574. The molecular formula is C33H34N2O5. The van der Waals surface area contributed by atoms with E-state index >= 15 is 0 Å². The molecule has 0 unspecified atom stereocenters. The quantitative estimate of drug-likeness (QED) is 0.383. The predicted molar refractivity (Wildman–Crippen MR) is 155 cm³/mol. The number of para-hydroxylation sites is 2. The molecule has 0 aromatic heterocycles. The number of hydrogen-bond acceptors (Lipinski definition) is 6. The fourth-order valence-electron chi connectivity index (χ4n) is 5.80. The maximum atomic E-state index is 14.0. The van der Waals surface area contributed by atoms with E-state index < -0.39 is 5.92 Å². The van der Waals surface area contributed by atoms with Gasteiger partial charge in [0.25, 0.3) is 5.91 Å². The van der Waals surface area contributed by atoms with E-state index in [0.717, 1.165) is 28.1 Å². The van der Waals surface area contributed by atoms with E-state index in [-0.39, 0.29) is 17.6 Å². The first-order valence-corrected chi connectivity index (χ1v) is 13.3. The number of allylic oxidation sites excluding steroid dienone is 3. The number of dihydropyridines is 1. The number of carbonyl (C=O) groups is 2. The third-order valence-electron chi connectivity index (χ3n) is 7.79. The second-order valence-electron chi connectivity index (χ2n) is 10.1. The summed E-state index contributed by atoms with van der Waals surface area (Å²) >= 11 is 0. The average molecular weight is 539 g/mol. The van der Waals surface area contributed by atoms with Crippen LogP contribution in [0.1, 0.15) is 48.3 Å². The third-order valence-corrected chi connectivity index (χ3v) is 7.79. The second-order valence-corrected chi connectivity index (χ2v) is 10.1. The van der Waals surface area contributed by atoms with Gasteiger partial charge >= 0.3 is 0 Å². The Morgan fingerprint density at radius 2 is 1.55 bits per heavy atom. The molecule has 1 amide bonds. The van der Waals surface area contributed by atoms with Gasteiger partial charge < -0.3 is 24.8 Å². The Morgan fingerprint density at radius 1 is 0.850 bits per heavy atom. The number of benzene rings is 3. The van der Waals surface area contributed by atoms with E-state index in [9.17, 15) is 9.59 Å². The minimum absolute atomic E-state index is 0.00173. The van der Waals surface area contributed by atoms with Crippen molar-refractivity contribution in [3.05, 3.63) is 106 Å². The van der Waals surface area contributed by atoms with Crippen LogP contribution < -0.4 is 24.8 Å². The average Bonchev–Trinajstić information content (AvgIpc) is 2.96. The summed E-state index contributed by atoms with van der Waals surface area (Å²) in [5, 5.41) is 6.53. The van der Waals surface area contributed by atoms with Crippen LogP contribution in [0.25, 0.3) is 0 Å². The van der Waals surface area contributed by atoms with Gasteiger partial charge in [-0.2, -0.15) is 0 Å². The lowest BCUT2D eigenvalue weighted by Crippen LogP contribution is -2.37. The van der Waals surface area contributed by atoms with Gasteiger partial charge in [-0.15, -0.1) is 0 Å². The van der Waals surface area contributed by atoms with Crippen LogP contribution >= 0.6 is 0 Å². The molecule has 0 spiro atoms. The number of amides is 1. The number of nitrogens with one attached hydrogen (secondary N) is 2. The molecule has 3 aromatic rings. The molecule has 1 heterocycles. The Labute approximate surface area is 234 Å². The number of rotatable bonds is 7. The van der Waals surface area contributed by atoms with Crippen molar-refractivity contribution in [1.82, 2.24) is 5.32 Å². The van der Waals surface area contributed by atoms with Crippen molar-refractivity contribution in [3.63, 3.8) is 0 Å². The van der Waals surface area contributed by atoms with Gasteiger partial charge in [-0.25, -0.2) is 0 Å². The topological polar surface area (TPSA) is 85.9 Å². The Bertz CT molecular complexity index is 1540. The van der Waals surface area contributed by atoms with Crippen molar-refractivity contribution in [2.24, 2.45) is 0 Å². The summed E-state index contributed by atoms with van der Waals surface area (Å²) in [6.07, 6.45) is 0.930. The van der Waals surface area contributed by atoms with Crippen LogP contribution in [0.4, 0.5) is 5.69 Å². The van der Waals surface area contributed by atoms with Gasteiger partial charge in [-0.1, -0.05) is 42.5 Å². The van der Waals surface area contributed by atoms with Crippen LogP contribution in [-0.4, -0.2) is 33.0 Å². The fraction of sp³-hybridized carbons (Fsp3) is 0.273. The molecule has 7 nitrogen and oxygen atoms in total. The molecule has 0 radical (unpaired) electrons. The highest BCUT2D eigenvalue weighted by atomic mass is 16.5. The number of carbonyl (C=O) groups excluding carboxylic acids is 2. The number of hydrogen-bond donors (Lipinski definition) is 2. The monoisotopic (exact) mass is 538 g/mol. The predicted octanol–water partition coefficient (Wildman–Crippen LogP) is 6.02. The molecule has 2 atom stereocenters. The molecule has 7 heteroatoms. The molecule has 0 saturated carbocycles. The summed E-state index contributed by atoms with van der Waals surface area (Å²) in [5.41, 5.74) is 6.13. The summed E-state index contributed by atoms with van der Waals surface area (Å²) in [4.78, 5) is 27.9. The summed E-state index contributed by atoms with van der Waals surface area (Å²) in [7, 11) is 4.81. The molecule has 0 bridgehead atoms. The van der Waals surface area contributed by atoms with Crippen LogP contribution in [0.3, 0.4) is 0 Å². The molecule has 1 aliphatic heterocycles. The Hall–Kier alpha value is -4.52. The second kappa shape index (κ2) is 11.3. The Balaban J connectivity index is 1.58. The number of ketones is 1. The van der Waals surface area contributed by atoms with Gasteiger partial charge in [-0.05, 0) is 61.6 Å². The molecule has 2 N–H and O–H groups in total. The van der Waals surface area contributed by atoms with Crippen molar-refractivity contribution in [3.8, 4) is 17.2 Å². The standard InChI is InChI=1S/C33H34N2O5/c1-19-10-6-8-12-24(19)35-33(37)30-20(2)34-25-16-22(21-14-15-28(39-4)29(18-21)40-5)17-26(36)32(25)31(30)23-11-7-9-13-27(23)38-3/h6-15,18,22,31,34H,16-17H2,1-5H3,(H,35,37)/t22-,31+/m0/s1. The van der Waals surface area contributed by atoms with Gasteiger partial charge in [0.2, 0.25) is 0 Å². The first-order valence-electron chi connectivity index (χ1n) is 13.3. The smallest absolute Gasteiger partial charge is 0.254 e. The molecule has 206 valence electrons. The number of Topliss-reactive ketones (excluding diaryl/α,β-unsaturated/α-hetero) is 1. The van der Waals surface area contributed by atoms with Gasteiger partial charge in [0.1, 0.15) is 5.75 Å². The van der Waals surface area contributed by atoms with Crippen LogP contribution in [0.5, 0.6) is 17.2 Å². The minimum Gasteiger partial charge on any atom is -0.496 e. The van der Waals surface area contributed by atoms with Crippen molar-refractivity contribution in [2.45, 2.75) is 38.5 Å². The highest BCUT2D eigenvalue weighted by molar-refractivity contribution is 6.10. The van der Waals surface area contributed by atoms with E-state index in [2.05, 4.69) is 10.6 Å². The van der Waals surface area contributed by atoms with Crippen molar-refractivity contribution < 1.29 is 23.8 Å². The SMILES string of the molecule is COc1ccc([C@@H]2CC(=O)C3=C(C2)NC(C)=C(C(=O)Nc2ccccc2C)[C@H]3c2ccccc2OC)cc1OC. The van der Waals surface area contributed by atoms with E-state index in [1.165, 1.54) is 0 Å². The van der Waals surface area contributed by atoms with Gasteiger partial charge in [0, 0.05) is 40.2 Å². The Morgan fingerprint density at radius 3 is 2.27 bits per heavy atom.